The number of amidine groups is 1. The third-order valence-electron chi connectivity index (χ3n) is 6.28. The molecule has 2 atom stereocenters. The Morgan fingerprint density at radius 2 is 1.88 bits per heavy atom. The molecule has 172 valence electrons. The van der Waals surface area contributed by atoms with Crippen LogP contribution < -0.4 is 10.0 Å². The molecule has 9 nitrogen and oxygen atoms in total. The van der Waals surface area contributed by atoms with Crippen molar-refractivity contribution in [2.24, 2.45) is 22.7 Å². The Hall–Kier alpha value is -2.75. The lowest BCUT2D eigenvalue weighted by Crippen LogP contribution is -2.40. The van der Waals surface area contributed by atoms with E-state index in [4.69, 9.17) is 4.74 Å². The lowest BCUT2D eigenvalue weighted by atomic mass is 9.67. The average molecular weight is 462 g/mol. The lowest BCUT2D eigenvalue weighted by Gasteiger charge is -2.36. The maximum absolute atomic E-state index is 12.5. The monoisotopic (exact) mass is 461 g/mol. The molecule has 4 rings (SSSR count). The Morgan fingerprint density at radius 1 is 1.12 bits per heavy atom. The van der Waals surface area contributed by atoms with Crippen LogP contribution in [0.5, 0.6) is 0 Å². The van der Waals surface area contributed by atoms with Crippen LogP contribution in [0.15, 0.2) is 34.2 Å². The highest BCUT2D eigenvalue weighted by atomic mass is 32.2. The largest absolute Gasteiger partial charge is 0.455 e. The van der Waals surface area contributed by atoms with Gasteiger partial charge in [-0.05, 0) is 50.3 Å². The van der Waals surface area contributed by atoms with Crippen molar-refractivity contribution in [1.82, 2.24) is 4.72 Å². The molecule has 2 fully saturated rings. The number of sulfonamides is 1. The smallest absolute Gasteiger partial charge is 0.309 e. The number of ether oxygens (including phenoxy) is 1. The van der Waals surface area contributed by atoms with Gasteiger partial charge in [-0.25, -0.2) is 8.42 Å². The summed E-state index contributed by atoms with van der Waals surface area (Å²) in [6.45, 7) is 0.135. The number of fused-ring (bicyclic) bond motifs is 2. The molecule has 2 aliphatic carbocycles. The van der Waals surface area contributed by atoms with Crippen LogP contribution in [-0.4, -0.2) is 45.1 Å². The Kier molecular flexibility index (Phi) is 6.59. The van der Waals surface area contributed by atoms with Crippen molar-refractivity contribution in [3.8, 4) is 0 Å². The predicted octanol–water partition coefficient (Wildman–Crippen LogP) is 2.03. The molecule has 0 radical (unpaired) electrons. The van der Waals surface area contributed by atoms with Gasteiger partial charge < -0.3 is 10.1 Å². The maximum Gasteiger partial charge on any atom is 0.309 e. The number of nitrogens with one attached hydrogen (secondary N) is 2. The number of carbonyl (C=O) groups is 3. The third-order valence-corrected chi connectivity index (χ3v) is 7.66. The third kappa shape index (κ3) is 5.17. The number of esters is 1. The molecule has 1 heterocycles. The summed E-state index contributed by atoms with van der Waals surface area (Å²) in [6, 6.07) is 5.84. The van der Waals surface area contributed by atoms with Crippen LogP contribution in [0.25, 0.3) is 0 Å². The first kappa shape index (κ1) is 22.4. The topological polar surface area (TPSA) is 131 Å². The summed E-state index contributed by atoms with van der Waals surface area (Å²) < 4.78 is 32.7. The van der Waals surface area contributed by atoms with Gasteiger partial charge in [-0.3, -0.25) is 24.1 Å². The number of anilines is 1. The van der Waals surface area contributed by atoms with Gasteiger partial charge in [0.2, 0.25) is 0 Å². The van der Waals surface area contributed by atoms with Gasteiger partial charge in [-0.15, -0.1) is 0 Å². The van der Waals surface area contributed by atoms with Gasteiger partial charge in [0.1, 0.15) is 11.6 Å². The first-order chi connectivity index (χ1) is 15.3. The summed E-state index contributed by atoms with van der Waals surface area (Å²) in [4.78, 5) is 41.0. The van der Waals surface area contributed by atoms with E-state index < -0.39 is 28.5 Å². The molecule has 3 aliphatic rings. The number of ketones is 1. The second kappa shape index (κ2) is 9.40. The zero-order chi connectivity index (χ0) is 22.7. The summed E-state index contributed by atoms with van der Waals surface area (Å²) in [6.07, 6.45) is 5.04. The van der Waals surface area contributed by atoms with Crippen LogP contribution in [0.2, 0.25) is 0 Å². The molecule has 10 heteroatoms. The van der Waals surface area contributed by atoms with Crippen molar-refractivity contribution in [1.29, 1.82) is 0 Å². The van der Waals surface area contributed by atoms with Crippen molar-refractivity contribution in [3.63, 3.8) is 0 Å². The van der Waals surface area contributed by atoms with E-state index in [0.717, 1.165) is 25.7 Å². The van der Waals surface area contributed by atoms with E-state index in [0.29, 0.717) is 31.6 Å². The molecular formula is C22H27N3O6S. The molecule has 1 aliphatic heterocycles. The molecule has 0 spiro atoms. The molecule has 2 saturated carbocycles. The van der Waals surface area contributed by atoms with E-state index >= 15 is 0 Å². The van der Waals surface area contributed by atoms with Crippen molar-refractivity contribution in [3.05, 3.63) is 24.3 Å². The molecule has 1 aromatic carbocycles. The second-order valence-corrected chi connectivity index (χ2v) is 10.3. The Balaban J connectivity index is 1.30. The van der Waals surface area contributed by atoms with Crippen molar-refractivity contribution in [2.45, 2.75) is 49.8 Å². The van der Waals surface area contributed by atoms with Gasteiger partial charge in [0, 0.05) is 30.5 Å². The first-order valence-electron chi connectivity index (χ1n) is 11.0. The fourth-order valence-electron chi connectivity index (χ4n) is 4.70. The highest BCUT2D eigenvalue weighted by Crippen LogP contribution is 2.40. The molecule has 2 bridgehead atoms. The number of Topliss-reactive ketones (excluding diaryl/α,β-unsaturated/α-hetero) is 1. The number of rotatable bonds is 6. The fourth-order valence-corrected chi connectivity index (χ4v) is 5.84. The van der Waals surface area contributed by atoms with Crippen LogP contribution >= 0.6 is 0 Å². The molecule has 0 aromatic heterocycles. The normalized spacial score (nSPS) is 25.1. The van der Waals surface area contributed by atoms with Gasteiger partial charge in [-0.1, -0.05) is 12.5 Å². The number of carbonyl (C=O) groups excluding carboxylic acids is 3. The second-order valence-electron chi connectivity index (χ2n) is 8.62. The van der Waals surface area contributed by atoms with Gasteiger partial charge >= 0.3 is 5.97 Å². The van der Waals surface area contributed by atoms with Gasteiger partial charge in [-0.2, -0.15) is 0 Å². The van der Waals surface area contributed by atoms with E-state index in [1.54, 1.807) is 6.07 Å². The van der Waals surface area contributed by atoms with Crippen LogP contribution in [0.3, 0.4) is 0 Å². The molecule has 0 unspecified atom stereocenters. The van der Waals surface area contributed by atoms with Gasteiger partial charge in [0.25, 0.3) is 15.9 Å². The minimum Gasteiger partial charge on any atom is -0.455 e. The van der Waals surface area contributed by atoms with Crippen LogP contribution in [0.4, 0.5) is 5.69 Å². The highest BCUT2D eigenvalue weighted by Gasteiger charge is 2.41. The minimum absolute atomic E-state index is 0.000285. The average Bonchev–Trinajstić information content (AvgIpc) is 3.24. The maximum atomic E-state index is 12.5. The van der Waals surface area contributed by atoms with E-state index in [9.17, 15) is 22.8 Å². The van der Waals surface area contributed by atoms with Crippen LogP contribution in [0, 0.1) is 17.8 Å². The summed E-state index contributed by atoms with van der Waals surface area (Å²) in [7, 11) is -3.80. The lowest BCUT2D eigenvalue weighted by molar-refractivity contribution is -0.155. The molecule has 0 saturated heterocycles. The van der Waals surface area contributed by atoms with Gasteiger partial charge in [0.05, 0.1) is 10.8 Å². The number of hydrogen-bond donors (Lipinski definition) is 2. The number of hydrogen-bond acceptors (Lipinski definition) is 7. The minimum atomic E-state index is -3.80. The van der Waals surface area contributed by atoms with E-state index in [2.05, 4.69) is 15.0 Å². The fraction of sp³-hybridized carbons (Fsp3) is 0.545. The molecule has 2 N–H and O–H groups in total. The standard InChI is InChI=1S/C22H27N3O6S/c26-20(13-31-22(28)16-10-14-4-1-5-15(11-16)21(14)27)24-17-6-2-7-18(12-17)32(29,30)25-19-8-3-9-23-19/h2,6-7,12,14-16H,1,3-5,8-11,13H2,(H,23,25)(H,24,26)/t14-,15-/m1/s1. The number of benzene rings is 1. The number of nitrogens with zero attached hydrogens (tertiary/aromatic N) is 1. The zero-order valence-corrected chi connectivity index (χ0v) is 18.5. The van der Waals surface area contributed by atoms with E-state index in [1.165, 1.54) is 18.2 Å². The van der Waals surface area contributed by atoms with E-state index in [1.807, 2.05) is 0 Å². The van der Waals surface area contributed by atoms with Crippen molar-refractivity contribution >= 4 is 39.2 Å². The highest BCUT2D eigenvalue weighted by molar-refractivity contribution is 7.90. The SMILES string of the molecule is O=C(COC(=O)C1C[C@H]2CCC[C@H](C1)C2=O)Nc1cccc(S(=O)(=O)NC2=NCCC2)c1. The molecular weight excluding hydrogens is 434 g/mol. The first-order valence-corrected chi connectivity index (χ1v) is 12.5. The Bertz CT molecular complexity index is 1040. The van der Waals surface area contributed by atoms with Crippen molar-refractivity contribution < 1.29 is 27.5 Å². The summed E-state index contributed by atoms with van der Waals surface area (Å²) >= 11 is 0. The predicted molar refractivity (Wildman–Crippen MR) is 116 cm³/mol. The van der Waals surface area contributed by atoms with Gasteiger partial charge in [0.15, 0.2) is 6.61 Å². The quantitative estimate of drug-likeness (QED) is 0.623. The van der Waals surface area contributed by atoms with Crippen LogP contribution in [0.1, 0.15) is 44.9 Å². The zero-order valence-electron chi connectivity index (χ0n) is 17.7. The number of aliphatic imine (C=N–C) groups is 1. The molecule has 1 aromatic rings. The Labute approximate surface area is 187 Å². The molecule has 1 amide bonds. The molecule has 32 heavy (non-hydrogen) atoms. The number of amides is 1. The summed E-state index contributed by atoms with van der Waals surface area (Å²) in [5.41, 5.74) is 0.278. The summed E-state index contributed by atoms with van der Waals surface area (Å²) in [5.74, 6) is -0.809. The van der Waals surface area contributed by atoms with E-state index in [-0.39, 0.29) is 34.1 Å². The van der Waals surface area contributed by atoms with Crippen molar-refractivity contribution in [2.75, 3.05) is 18.5 Å². The summed E-state index contributed by atoms with van der Waals surface area (Å²) in [5, 5.41) is 2.56. The van der Waals surface area contributed by atoms with Crippen LogP contribution in [-0.2, 0) is 29.1 Å². The Morgan fingerprint density at radius 3 is 2.56 bits per heavy atom.